The number of nitrogens with one attached hydrogen (secondary N) is 2. The normalized spacial score (nSPS) is 27.3. The van der Waals surface area contributed by atoms with Crippen LogP contribution in [0.25, 0.3) is 0 Å². The predicted octanol–water partition coefficient (Wildman–Crippen LogP) is -0.611. The van der Waals surface area contributed by atoms with Crippen molar-refractivity contribution in [1.29, 1.82) is 0 Å². The van der Waals surface area contributed by atoms with Crippen LogP contribution in [0.3, 0.4) is 0 Å². The number of aromatic nitrogens is 2. The number of carbonyl (C=O) groups is 2. The molecule has 1 spiro atoms. The van der Waals surface area contributed by atoms with E-state index in [1.165, 1.54) is 0 Å². The average Bonchev–Trinajstić information content (AvgIpc) is 3.46. The summed E-state index contributed by atoms with van der Waals surface area (Å²) in [7, 11) is 0. The maximum absolute atomic E-state index is 13.0. The number of nitrogens with zero attached hydrogens (tertiary/aromatic N) is 4. The number of amides is 2. The molecule has 1 aliphatic carbocycles. The van der Waals surface area contributed by atoms with Gasteiger partial charge in [-0.25, -0.2) is 10.5 Å². The Bertz CT molecular complexity index is 672. The highest BCUT2D eigenvalue weighted by atomic mass is 16.5. The summed E-state index contributed by atoms with van der Waals surface area (Å²) in [4.78, 5) is 37.4. The zero-order valence-electron chi connectivity index (χ0n) is 14.6. The third-order valence-electron chi connectivity index (χ3n) is 5.89. The van der Waals surface area contributed by atoms with Crippen molar-refractivity contribution in [3.05, 3.63) is 18.6 Å². The summed E-state index contributed by atoms with van der Waals surface area (Å²) in [5.41, 5.74) is 1.88. The molecule has 4 rings (SSSR count). The van der Waals surface area contributed by atoms with Gasteiger partial charge in [0.25, 0.3) is 0 Å². The Kier molecular flexibility index (Phi) is 4.49. The third-order valence-corrected chi connectivity index (χ3v) is 5.89. The van der Waals surface area contributed by atoms with Gasteiger partial charge in [-0.1, -0.05) is 0 Å². The number of piperazine rings is 1. The van der Waals surface area contributed by atoms with Gasteiger partial charge in [0, 0.05) is 45.1 Å². The Morgan fingerprint density at radius 2 is 2.00 bits per heavy atom. The van der Waals surface area contributed by atoms with Crippen molar-refractivity contribution in [2.24, 2.45) is 11.3 Å². The molecule has 0 aromatic carbocycles. The summed E-state index contributed by atoms with van der Waals surface area (Å²) in [5.74, 6) is -0.252. The van der Waals surface area contributed by atoms with Crippen molar-refractivity contribution in [2.75, 3.05) is 37.6 Å². The molecule has 26 heavy (non-hydrogen) atoms. The van der Waals surface area contributed by atoms with Crippen LogP contribution in [0.4, 0.5) is 5.82 Å². The molecule has 9 nitrogen and oxygen atoms in total. The van der Waals surface area contributed by atoms with Gasteiger partial charge in [0.1, 0.15) is 5.82 Å². The second kappa shape index (κ2) is 6.81. The van der Waals surface area contributed by atoms with E-state index in [0.29, 0.717) is 32.6 Å². The van der Waals surface area contributed by atoms with Crippen molar-refractivity contribution in [3.63, 3.8) is 0 Å². The van der Waals surface area contributed by atoms with Crippen LogP contribution >= 0.6 is 0 Å². The van der Waals surface area contributed by atoms with Crippen molar-refractivity contribution in [1.82, 2.24) is 25.7 Å². The maximum atomic E-state index is 13.0. The second-order valence-corrected chi connectivity index (χ2v) is 7.52. The SMILES string of the molecule is O=C(NO)[C@H]1CC2(CC2)CN[C@@H]1C(=O)N1CCN(c2cnccn2)CC1. The van der Waals surface area contributed by atoms with Crippen LogP contribution in [0, 0.1) is 11.3 Å². The summed E-state index contributed by atoms with van der Waals surface area (Å²) >= 11 is 0. The van der Waals surface area contributed by atoms with Gasteiger partial charge in [0.15, 0.2) is 0 Å². The number of anilines is 1. The Labute approximate surface area is 151 Å². The van der Waals surface area contributed by atoms with E-state index in [9.17, 15) is 9.59 Å². The molecule has 2 atom stereocenters. The molecule has 1 aromatic heterocycles. The molecule has 0 bridgehead atoms. The Morgan fingerprint density at radius 1 is 1.23 bits per heavy atom. The number of carbonyl (C=O) groups excluding carboxylic acids is 2. The van der Waals surface area contributed by atoms with Crippen LogP contribution < -0.4 is 15.7 Å². The molecule has 3 N–H and O–H groups in total. The van der Waals surface area contributed by atoms with Crippen LogP contribution in [-0.2, 0) is 9.59 Å². The lowest BCUT2D eigenvalue weighted by Crippen LogP contribution is -2.61. The minimum atomic E-state index is -0.573. The minimum absolute atomic E-state index is 0.0621. The van der Waals surface area contributed by atoms with Crippen molar-refractivity contribution >= 4 is 17.6 Å². The highest BCUT2D eigenvalue weighted by molar-refractivity contribution is 5.90. The van der Waals surface area contributed by atoms with Crippen molar-refractivity contribution in [2.45, 2.75) is 25.3 Å². The quantitative estimate of drug-likeness (QED) is 0.487. The van der Waals surface area contributed by atoms with Crippen LogP contribution in [0.15, 0.2) is 18.6 Å². The summed E-state index contributed by atoms with van der Waals surface area (Å²) in [6, 6.07) is -0.573. The van der Waals surface area contributed by atoms with E-state index >= 15 is 0 Å². The van der Waals surface area contributed by atoms with Crippen LogP contribution in [0.1, 0.15) is 19.3 Å². The zero-order valence-corrected chi connectivity index (χ0v) is 14.6. The molecule has 1 saturated carbocycles. The summed E-state index contributed by atoms with van der Waals surface area (Å²) < 4.78 is 0. The van der Waals surface area contributed by atoms with Gasteiger partial charge in [0.2, 0.25) is 11.8 Å². The summed E-state index contributed by atoms with van der Waals surface area (Å²) in [5, 5.41) is 12.4. The largest absolute Gasteiger partial charge is 0.352 e. The first kappa shape index (κ1) is 17.2. The monoisotopic (exact) mass is 360 g/mol. The maximum Gasteiger partial charge on any atom is 0.248 e. The smallest absolute Gasteiger partial charge is 0.248 e. The highest BCUT2D eigenvalue weighted by Crippen LogP contribution is 2.52. The van der Waals surface area contributed by atoms with Gasteiger partial charge in [-0.3, -0.25) is 19.8 Å². The lowest BCUT2D eigenvalue weighted by Gasteiger charge is -2.41. The van der Waals surface area contributed by atoms with Gasteiger partial charge < -0.3 is 15.1 Å². The van der Waals surface area contributed by atoms with Crippen LogP contribution in [0.2, 0.25) is 0 Å². The molecular formula is C17H24N6O3. The van der Waals surface area contributed by atoms with Gasteiger partial charge in [-0.05, 0) is 24.7 Å². The number of hydrogen-bond acceptors (Lipinski definition) is 7. The van der Waals surface area contributed by atoms with Crippen molar-refractivity contribution in [3.8, 4) is 0 Å². The average molecular weight is 360 g/mol. The molecule has 3 heterocycles. The Hall–Kier alpha value is -2.26. The van der Waals surface area contributed by atoms with E-state index in [4.69, 9.17) is 5.21 Å². The first-order valence-corrected chi connectivity index (χ1v) is 9.09. The minimum Gasteiger partial charge on any atom is -0.352 e. The first-order valence-electron chi connectivity index (χ1n) is 9.09. The van der Waals surface area contributed by atoms with E-state index in [-0.39, 0.29) is 11.3 Å². The second-order valence-electron chi connectivity index (χ2n) is 7.52. The Balaban J connectivity index is 1.40. The van der Waals surface area contributed by atoms with Crippen LogP contribution in [-0.4, -0.2) is 70.7 Å². The molecule has 3 fully saturated rings. The molecule has 2 amide bonds. The standard InChI is InChI=1S/C17H24N6O3/c24-15(21-26)12-9-17(1-2-17)11-20-14(12)16(25)23-7-5-22(6-8-23)13-10-18-3-4-19-13/h3-4,10,12,14,20,26H,1-2,5-9,11H2,(H,21,24)/t12-,14-/m0/s1. The molecule has 3 aliphatic rings. The number of hydroxylamine groups is 1. The molecule has 2 saturated heterocycles. The van der Waals surface area contributed by atoms with Crippen LogP contribution in [0.5, 0.6) is 0 Å². The molecule has 140 valence electrons. The van der Waals surface area contributed by atoms with E-state index < -0.39 is 17.9 Å². The fourth-order valence-corrected chi connectivity index (χ4v) is 4.08. The molecule has 9 heteroatoms. The van der Waals surface area contributed by atoms with E-state index in [1.54, 1.807) is 29.0 Å². The van der Waals surface area contributed by atoms with Gasteiger partial charge in [0.05, 0.1) is 18.2 Å². The molecule has 1 aromatic rings. The highest BCUT2D eigenvalue weighted by Gasteiger charge is 2.52. The number of rotatable bonds is 3. The number of hydrogen-bond donors (Lipinski definition) is 3. The predicted molar refractivity (Wildman–Crippen MR) is 92.3 cm³/mol. The molecule has 0 radical (unpaired) electrons. The van der Waals surface area contributed by atoms with Crippen molar-refractivity contribution < 1.29 is 14.8 Å². The Morgan fingerprint density at radius 3 is 2.62 bits per heavy atom. The molecular weight excluding hydrogens is 336 g/mol. The number of piperidine rings is 1. The van der Waals surface area contributed by atoms with Gasteiger partial charge in [-0.2, -0.15) is 0 Å². The lowest BCUT2D eigenvalue weighted by molar-refractivity contribution is -0.145. The van der Waals surface area contributed by atoms with E-state index in [1.807, 2.05) is 0 Å². The van der Waals surface area contributed by atoms with E-state index in [2.05, 4.69) is 20.2 Å². The third kappa shape index (κ3) is 3.24. The van der Waals surface area contributed by atoms with Gasteiger partial charge in [-0.15, -0.1) is 0 Å². The summed E-state index contributed by atoms with van der Waals surface area (Å²) in [6.07, 6.45) is 7.82. The summed E-state index contributed by atoms with van der Waals surface area (Å²) in [6.45, 7) is 3.27. The molecule has 0 unspecified atom stereocenters. The van der Waals surface area contributed by atoms with Gasteiger partial charge >= 0.3 is 0 Å². The zero-order chi connectivity index (χ0) is 18.1. The molecule has 2 aliphatic heterocycles. The van der Waals surface area contributed by atoms with E-state index in [0.717, 1.165) is 25.2 Å². The first-order chi connectivity index (χ1) is 12.6. The fraction of sp³-hybridized carbons (Fsp3) is 0.647. The topological polar surface area (TPSA) is 111 Å². The lowest BCUT2D eigenvalue weighted by atomic mass is 9.81. The fourth-order valence-electron chi connectivity index (χ4n) is 4.08.